The van der Waals surface area contributed by atoms with E-state index in [1.807, 2.05) is 12.1 Å². The van der Waals surface area contributed by atoms with Gasteiger partial charge in [0.25, 0.3) is 0 Å². The maximum atomic E-state index is 6.05. The topological polar surface area (TPSA) is 74.2 Å². The maximum Gasteiger partial charge on any atom is 0.145 e. The molecule has 1 aromatic carbocycles. The first-order chi connectivity index (χ1) is 8.22. The predicted molar refractivity (Wildman–Crippen MR) is 62.7 cm³/mol. The minimum atomic E-state index is 0.256. The quantitative estimate of drug-likeness (QED) is 0.903. The molecule has 90 valence electrons. The van der Waals surface area contributed by atoms with Gasteiger partial charge >= 0.3 is 0 Å². The fourth-order valence-corrected chi connectivity index (χ4v) is 1.65. The van der Waals surface area contributed by atoms with E-state index < -0.39 is 0 Å². The molecule has 2 rings (SSSR count). The van der Waals surface area contributed by atoms with Gasteiger partial charge in [-0.15, -0.1) is 0 Å². The van der Waals surface area contributed by atoms with Crippen molar-refractivity contribution in [3.63, 3.8) is 0 Å². The average molecular weight is 254 g/mol. The molecule has 0 amide bonds. The van der Waals surface area contributed by atoms with Crippen LogP contribution in [0.5, 0.6) is 5.75 Å². The van der Waals surface area contributed by atoms with Crippen LogP contribution < -0.4 is 10.5 Å². The van der Waals surface area contributed by atoms with Crippen molar-refractivity contribution in [2.45, 2.75) is 20.1 Å². The molecule has 0 spiro atoms. The monoisotopic (exact) mass is 253 g/mol. The van der Waals surface area contributed by atoms with E-state index >= 15 is 0 Å². The summed E-state index contributed by atoms with van der Waals surface area (Å²) in [5, 5.41) is 7.93. The summed E-state index contributed by atoms with van der Waals surface area (Å²) in [4.78, 5) is 0. The van der Waals surface area contributed by atoms with Crippen LogP contribution in [0.15, 0.2) is 22.8 Å². The molecule has 17 heavy (non-hydrogen) atoms. The van der Waals surface area contributed by atoms with Crippen LogP contribution in [0.2, 0.25) is 5.02 Å². The normalized spacial score (nSPS) is 10.5. The van der Waals surface area contributed by atoms with Crippen LogP contribution in [0.25, 0.3) is 0 Å². The molecule has 0 atom stereocenters. The van der Waals surface area contributed by atoms with Gasteiger partial charge in [0.15, 0.2) is 0 Å². The standard InChI is InChI=1S/C11H12ClN3O2/c1-7-10(15-17-14-7)6-16-11-8(5-13)3-2-4-9(11)12/h2-4H,5-6,13H2,1H3. The third kappa shape index (κ3) is 2.57. The highest BCUT2D eigenvalue weighted by atomic mass is 35.5. The summed E-state index contributed by atoms with van der Waals surface area (Å²) in [5.41, 5.74) is 7.81. The molecule has 2 N–H and O–H groups in total. The Morgan fingerprint density at radius 3 is 2.88 bits per heavy atom. The molecule has 0 saturated carbocycles. The van der Waals surface area contributed by atoms with Crippen LogP contribution in [0.1, 0.15) is 17.0 Å². The number of rotatable bonds is 4. The Labute approximate surface area is 103 Å². The maximum absolute atomic E-state index is 6.05. The minimum absolute atomic E-state index is 0.256. The minimum Gasteiger partial charge on any atom is -0.485 e. The Kier molecular flexibility index (Phi) is 3.61. The zero-order valence-electron chi connectivity index (χ0n) is 9.31. The molecule has 0 radical (unpaired) electrons. The van der Waals surface area contributed by atoms with E-state index in [0.717, 1.165) is 5.56 Å². The Balaban J connectivity index is 2.16. The first-order valence-corrected chi connectivity index (χ1v) is 5.48. The molecule has 0 fully saturated rings. The molecule has 6 heteroatoms. The van der Waals surface area contributed by atoms with E-state index in [4.69, 9.17) is 22.1 Å². The van der Waals surface area contributed by atoms with E-state index in [2.05, 4.69) is 14.9 Å². The molecule has 0 aliphatic rings. The molecule has 2 aromatic rings. The molecule has 1 aromatic heterocycles. The Bertz CT molecular complexity index is 513. The summed E-state index contributed by atoms with van der Waals surface area (Å²) in [7, 11) is 0. The van der Waals surface area contributed by atoms with Crippen molar-refractivity contribution in [3.8, 4) is 5.75 Å². The fourth-order valence-electron chi connectivity index (χ4n) is 1.40. The van der Waals surface area contributed by atoms with E-state index in [1.165, 1.54) is 0 Å². The van der Waals surface area contributed by atoms with E-state index in [-0.39, 0.29) is 6.61 Å². The smallest absolute Gasteiger partial charge is 0.145 e. The molecule has 1 heterocycles. The lowest BCUT2D eigenvalue weighted by Gasteiger charge is -2.10. The van der Waals surface area contributed by atoms with Crippen LogP contribution >= 0.6 is 11.6 Å². The summed E-state index contributed by atoms with van der Waals surface area (Å²) in [5.74, 6) is 0.582. The summed E-state index contributed by atoms with van der Waals surface area (Å²) in [6, 6.07) is 5.46. The highest BCUT2D eigenvalue weighted by Gasteiger charge is 2.10. The number of benzene rings is 1. The molecule has 0 aliphatic heterocycles. The second-order valence-corrected chi connectivity index (χ2v) is 3.92. The number of halogens is 1. The Morgan fingerprint density at radius 2 is 2.24 bits per heavy atom. The van der Waals surface area contributed by atoms with Crippen LogP contribution in [-0.2, 0) is 13.2 Å². The number of nitrogens with two attached hydrogens (primary N) is 1. The van der Waals surface area contributed by atoms with Crippen molar-refractivity contribution in [2.24, 2.45) is 5.73 Å². The molecule has 0 unspecified atom stereocenters. The van der Waals surface area contributed by atoms with Crippen molar-refractivity contribution >= 4 is 11.6 Å². The summed E-state index contributed by atoms with van der Waals surface area (Å²) < 4.78 is 10.2. The van der Waals surface area contributed by atoms with Crippen molar-refractivity contribution in [3.05, 3.63) is 40.2 Å². The highest BCUT2D eigenvalue weighted by molar-refractivity contribution is 6.32. The lowest BCUT2D eigenvalue weighted by Crippen LogP contribution is -2.04. The van der Waals surface area contributed by atoms with Gasteiger partial charge in [-0.05, 0) is 13.0 Å². The van der Waals surface area contributed by atoms with Gasteiger partial charge in [-0.25, -0.2) is 4.63 Å². The van der Waals surface area contributed by atoms with Gasteiger partial charge in [0.1, 0.15) is 23.7 Å². The van der Waals surface area contributed by atoms with Gasteiger partial charge in [-0.3, -0.25) is 0 Å². The van der Waals surface area contributed by atoms with Crippen molar-refractivity contribution < 1.29 is 9.37 Å². The van der Waals surface area contributed by atoms with Gasteiger partial charge < -0.3 is 10.5 Å². The van der Waals surface area contributed by atoms with Gasteiger partial charge in [0.2, 0.25) is 0 Å². The predicted octanol–water partition coefficient (Wildman–Crippen LogP) is 2.07. The van der Waals surface area contributed by atoms with Crippen molar-refractivity contribution in [1.29, 1.82) is 0 Å². The van der Waals surface area contributed by atoms with E-state index in [1.54, 1.807) is 13.0 Å². The second-order valence-electron chi connectivity index (χ2n) is 3.52. The van der Waals surface area contributed by atoms with Crippen LogP contribution in [0.3, 0.4) is 0 Å². The van der Waals surface area contributed by atoms with Gasteiger partial charge in [0, 0.05) is 12.1 Å². The molecule has 5 nitrogen and oxygen atoms in total. The number of hydrogen-bond acceptors (Lipinski definition) is 5. The number of hydrogen-bond donors (Lipinski definition) is 1. The fraction of sp³-hybridized carbons (Fsp3) is 0.273. The third-order valence-corrected chi connectivity index (χ3v) is 2.67. The highest BCUT2D eigenvalue weighted by Crippen LogP contribution is 2.29. The zero-order chi connectivity index (χ0) is 12.3. The van der Waals surface area contributed by atoms with Gasteiger partial charge in [0.05, 0.1) is 5.02 Å². The zero-order valence-corrected chi connectivity index (χ0v) is 10.1. The third-order valence-electron chi connectivity index (χ3n) is 2.37. The second kappa shape index (κ2) is 5.16. The first kappa shape index (κ1) is 11.9. The van der Waals surface area contributed by atoms with Crippen LogP contribution in [0, 0.1) is 6.92 Å². The summed E-state index contributed by atoms with van der Waals surface area (Å²) in [6.45, 7) is 2.42. The van der Waals surface area contributed by atoms with E-state index in [0.29, 0.717) is 28.7 Å². The Hall–Kier alpha value is -1.59. The summed E-state index contributed by atoms with van der Waals surface area (Å²) >= 11 is 6.05. The first-order valence-electron chi connectivity index (χ1n) is 5.10. The molecular weight excluding hydrogens is 242 g/mol. The number of nitrogens with zero attached hydrogens (tertiary/aromatic N) is 2. The lowest BCUT2D eigenvalue weighted by atomic mass is 10.2. The average Bonchev–Trinajstić information content (AvgIpc) is 2.73. The van der Waals surface area contributed by atoms with E-state index in [9.17, 15) is 0 Å². The summed E-state index contributed by atoms with van der Waals surface area (Å²) in [6.07, 6.45) is 0. The number of aromatic nitrogens is 2. The number of ether oxygens (including phenoxy) is 1. The van der Waals surface area contributed by atoms with Gasteiger partial charge in [-0.1, -0.05) is 34.0 Å². The van der Waals surface area contributed by atoms with Gasteiger partial charge in [-0.2, -0.15) is 0 Å². The van der Waals surface area contributed by atoms with Crippen LogP contribution in [0.4, 0.5) is 0 Å². The molecule has 0 aliphatic carbocycles. The number of para-hydroxylation sites is 1. The Morgan fingerprint density at radius 1 is 1.41 bits per heavy atom. The van der Waals surface area contributed by atoms with Crippen LogP contribution in [-0.4, -0.2) is 10.3 Å². The lowest BCUT2D eigenvalue weighted by molar-refractivity contribution is 0.268. The largest absolute Gasteiger partial charge is 0.485 e. The van der Waals surface area contributed by atoms with Crippen molar-refractivity contribution in [2.75, 3.05) is 0 Å². The molecule has 0 saturated heterocycles. The SMILES string of the molecule is Cc1nonc1COc1c(Cl)cccc1CN. The number of aryl methyl sites for hydroxylation is 1. The van der Waals surface area contributed by atoms with Crippen molar-refractivity contribution in [1.82, 2.24) is 10.3 Å². The molecule has 0 bridgehead atoms. The molecular formula is C11H12ClN3O2.